The van der Waals surface area contributed by atoms with Gasteiger partial charge < -0.3 is 10.4 Å². The molecule has 28 heavy (non-hydrogen) atoms. The van der Waals surface area contributed by atoms with Crippen LogP contribution in [0.15, 0.2) is 36.4 Å². The van der Waals surface area contributed by atoms with E-state index < -0.39 is 12.0 Å². The van der Waals surface area contributed by atoms with E-state index in [1.54, 1.807) is 9.58 Å². The summed E-state index contributed by atoms with van der Waals surface area (Å²) < 4.78 is 1.78. The number of carbonyl (C=O) groups excluding carboxylic acids is 1. The maximum Gasteiger partial charge on any atom is 0.320 e. The minimum absolute atomic E-state index is 0.0791. The second-order valence-corrected chi connectivity index (χ2v) is 7.70. The summed E-state index contributed by atoms with van der Waals surface area (Å²) in [7, 11) is 0. The third-order valence-corrected chi connectivity index (χ3v) is 5.77. The summed E-state index contributed by atoms with van der Waals surface area (Å²) >= 11 is 0. The number of benzene rings is 1. The first-order valence-electron chi connectivity index (χ1n) is 10.0. The highest BCUT2D eigenvalue weighted by Gasteiger charge is 2.32. The molecule has 0 unspecified atom stereocenters. The molecule has 2 fully saturated rings. The third kappa shape index (κ3) is 3.94. The van der Waals surface area contributed by atoms with Crippen LogP contribution in [-0.2, 0) is 9.59 Å². The SMILES string of the molecule is O=C(CN1CCC[C@@H]1C(=O)O)Nc1cc(C2CCCC2)nn1-c1ccccc1. The molecule has 0 radical (unpaired) electrons. The van der Waals surface area contributed by atoms with Crippen LogP contribution < -0.4 is 5.32 Å². The number of hydrogen-bond donors (Lipinski definition) is 2. The quantitative estimate of drug-likeness (QED) is 0.802. The van der Waals surface area contributed by atoms with E-state index in [0.29, 0.717) is 24.7 Å². The number of rotatable bonds is 6. The van der Waals surface area contributed by atoms with Crippen molar-refractivity contribution in [2.75, 3.05) is 18.4 Å². The van der Waals surface area contributed by atoms with E-state index in [2.05, 4.69) is 5.32 Å². The molecule has 1 saturated carbocycles. The number of likely N-dealkylation sites (tertiary alicyclic amines) is 1. The number of hydrogen-bond acceptors (Lipinski definition) is 4. The van der Waals surface area contributed by atoms with Gasteiger partial charge in [0.05, 0.1) is 17.9 Å². The molecule has 7 heteroatoms. The van der Waals surface area contributed by atoms with Gasteiger partial charge in [0.15, 0.2) is 0 Å². The summed E-state index contributed by atoms with van der Waals surface area (Å²) in [5, 5.41) is 17.1. The zero-order chi connectivity index (χ0) is 19.5. The zero-order valence-corrected chi connectivity index (χ0v) is 15.9. The topological polar surface area (TPSA) is 87.5 Å². The lowest BCUT2D eigenvalue weighted by Crippen LogP contribution is -2.41. The highest BCUT2D eigenvalue weighted by Crippen LogP contribution is 2.35. The maximum atomic E-state index is 12.7. The predicted molar refractivity (Wildman–Crippen MR) is 106 cm³/mol. The van der Waals surface area contributed by atoms with Crippen molar-refractivity contribution < 1.29 is 14.7 Å². The van der Waals surface area contributed by atoms with Crippen molar-refractivity contribution in [1.82, 2.24) is 14.7 Å². The van der Waals surface area contributed by atoms with Crippen molar-refractivity contribution in [3.8, 4) is 5.69 Å². The maximum absolute atomic E-state index is 12.7. The molecule has 1 atom stereocenters. The summed E-state index contributed by atoms with van der Waals surface area (Å²) in [6, 6.07) is 11.2. The Kier molecular flexibility index (Phi) is 5.43. The van der Waals surface area contributed by atoms with Gasteiger partial charge in [0.2, 0.25) is 5.91 Å². The Morgan fingerprint density at radius 2 is 1.86 bits per heavy atom. The Morgan fingerprint density at radius 1 is 1.11 bits per heavy atom. The summed E-state index contributed by atoms with van der Waals surface area (Å²) in [4.78, 5) is 25.8. The van der Waals surface area contributed by atoms with Crippen LogP contribution in [0.3, 0.4) is 0 Å². The van der Waals surface area contributed by atoms with Crippen LogP contribution >= 0.6 is 0 Å². The van der Waals surface area contributed by atoms with Gasteiger partial charge in [-0.15, -0.1) is 0 Å². The minimum atomic E-state index is -0.858. The number of nitrogens with zero attached hydrogens (tertiary/aromatic N) is 3. The Morgan fingerprint density at radius 3 is 2.57 bits per heavy atom. The van der Waals surface area contributed by atoms with E-state index in [9.17, 15) is 14.7 Å². The fourth-order valence-electron chi connectivity index (χ4n) is 4.34. The van der Waals surface area contributed by atoms with Crippen molar-refractivity contribution in [3.63, 3.8) is 0 Å². The van der Waals surface area contributed by atoms with Crippen LogP contribution in [0.1, 0.15) is 50.1 Å². The van der Waals surface area contributed by atoms with Gasteiger partial charge in [0.1, 0.15) is 11.9 Å². The average molecular weight is 382 g/mol. The largest absolute Gasteiger partial charge is 0.480 e. The monoisotopic (exact) mass is 382 g/mol. The van der Waals surface area contributed by atoms with Crippen LogP contribution in [0.4, 0.5) is 5.82 Å². The fraction of sp³-hybridized carbons (Fsp3) is 0.476. The molecule has 1 aliphatic carbocycles. The van der Waals surface area contributed by atoms with Crippen molar-refractivity contribution in [3.05, 3.63) is 42.1 Å². The van der Waals surface area contributed by atoms with Crippen molar-refractivity contribution >= 4 is 17.7 Å². The fourth-order valence-corrected chi connectivity index (χ4v) is 4.34. The first-order chi connectivity index (χ1) is 13.6. The highest BCUT2D eigenvalue weighted by atomic mass is 16.4. The van der Waals surface area contributed by atoms with Crippen LogP contribution in [0.2, 0.25) is 0 Å². The number of carbonyl (C=O) groups is 2. The van der Waals surface area contributed by atoms with Gasteiger partial charge in [0.25, 0.3) is 0 Å². The highest BCUT2D eigenvalue weighted by molar-refractivity contribution is 5.92. The molecule has 1 amide bonds. The normalized spacial score (nSPS) is 20.5. The number of para-hydroxylation sites is 1. The summed E-state index contributed by atoms with van der Waals surface area (Å²) in [6.07, 6.45) is 6.10. The lowest BCUT2D eigenvalue weighted by atomic mass is 10.0. The van der Waals surface area contributed by atoms with E-state index in [4.69, 9.17) is 5.10 Å². The number of nitrogens with one attached hydrogen (secondary N) is 1. The summed E-state index contributed by atoms with van der Waals surface area (Å²) in [6.45, 7) is 0.714. The Hall–Kier alpha value is -2.67. The number of amides is 1. The van der Waals surface area contributed by atoms with Gasteiger partial charge in [-0.2, -0.15) is 5.10 Å². The molecule has 0 bridgehead atoms. The first-order valence-corrected chi connectivity index (χ1v) is 10.0. The lowest BCUT2D eigenvalue weighted by Gasteiger charge is -2.20. The predicted octanol–water partition coefficient (Wildman–Crippen LogP) is 3.02. The van der Waals surface area contributed by atoms with E-state index in [-0.39, 0.29) is 12.5 Å². The molecule has 1 aliphatic heterocycles. The molecule has 1 aromatic heterocycles. The van der Waals surface area contributed by atoms with E-state index in [1.165, 1.54) is 12.8 Å². The van der Waals surface area contributed by atoms with Gasteiger partial charge in [-0.05, 0) is 44.4 Å². The summed E-state index contributed by atoms with van der Waals surface area (Å²) in [5.74, 6) is 0.0195. The van der Waals surface area contributed by atoms with Crippen molar-refractivity contribution in [2.24, 2.45) is 0 Å². The first kappa shape index (κ1) is 18.7. The molecule has 2 aromatic rings. The van der Waals surface area contributed by atoms with E-state index in [1.807, 2.05) is 36.4 Å². The van der Waals surface area contributed by atoms with Gasteiger partial charge >= 0.3 is 5.97 Å². The standard InChI is InChI=1S/C21H26N4O3/c26-20(14-24-12-6-11-18(24)21(27)28)22-19-13-17(15-7-4-5-8-15)23-25(19)16-9-2-1-3-10-16/h1-3,9-10,13,15,18H,4-8,11-12,14H2,(H,22,26)(H,27,28)/t18-/m1/s1. The van der Waals surface area contributed by atoms with E-state index >= 15 is 0 Å². The van der Waals surface area contributed by atoms with Crippen molar-refractivity contribution in [2.45, 2.75) is 50.5 Å². The number of aliphatic carboxylic acids is 1. The molecule has 1 saturated heterocycles. The Labute approximate surface area is 164 Å². The van der Waals surface area contributed by atoms with Gasteiger partial charge in [0, 0.05) is 12.0 Å². The average Bonchev–Trinajstić information content (AvgIpc) is 3.43. The van der Waals surface area contributed by atoms with E-state index in [0.717, 1.165) is 30.6 Å². The number of aromatic nitrogens is 2. The van der Waals surface area contributed by atoms with Gasteiger partial charge in [-0.1, -0.05) is 31.0 Å². The second-order valence-electron chi connectivity index (χ2n) is 7.70. The molecule has 2 heterocycles. The Bertz CT molecular complexity index is 843. The summed E-state index contributed by atoms with van der Waals surface area (Å²) in [5.41, 5.74) is 1.91. The number of anilines is 1. The van der Waals surface area contributed by atoms with Crippen LogP contribution in [0, 0.1) is 0 Å². The lowest BCUT2D eigenvalue weighted by molar-refractivity contribution is -0.142. The van der Waals surface area contributed by atoms with Gasteiger partial charge in [-0.25, -0.2) is 4.68 Å². The molecule has 1 aromatic carbocycles. The molecular weight excluding hydrogens is 356 g/mol. The second kappa shape index (κ2) is 8.14. The number of carboxylic acid groups (broad SMARTS) is 1. The minimum Gasteiger partial charge on any atom is -0.480 e. The molecular formula is C21H26N4O3. The Balaban J connectivity index is 1.54. The third-order valence-electron chi connectivity index (χ3n) is 5.77. The molecule has 2 N–H and O–H groups in total. The van der Waals surface area contributed by atoms with Gasteiger partial charge in [-0.3, -0.25) is 14.5 Å². The molecule has 0 spiro atoms. The molecule has 7 nitrogen and oxygen atoms in total. The van der Waals surface area contributed by atoms with Crippen LogP contribution in [0.5, 0.6) is 0 Å². The molecule has 148 valence electrons. The van der Waals surface area contributed by atoms with Crippen LogP contribution in [-0.4, -0.2) is 50.8 Å². The molecule has 4 rings (SSSR count). The zero-order valence-electron chi connectivity index (χ0n) is 15.9. The van der Waals surface area contributed by atoms with Crippen molar-refractivity contribution in [1.29, 1.82) is 0 Å². The smallest absolute Gasteiger partial charge is 0.320 e. The molecule has 2 aliphatic rings. The van der Waals surface area contributed by atoms with Crippen LogP contribution in [0.25, 0.3) is 5.69 Å². The number of carboxylic acids is 1.